The fourth-order valence-corrected chi connectivity index (χ4v) is 1.57. The van der Waals surface area contributed by atoms with Crippen LogP contribution >= 0.6 is 11.3 Å². The third-order valence-corrected chi connectivity index (χ3v) is 2.38. The first-order valence-electron chi connectivity index (χ1n) is 3.94. The maximum Gasteiger partial charge on any atom is 0.329 e. The molecule has 1 heterocycles. The van der Waals surface area contributed by atoms with Gasteiger partial charge in [-0.05, 0) is 17.9 Å². The van der Waals surface area contributed by atoms with Gasteiger partial charge in [0.25, 0.3) is 0 Å². The second-order valence-corrected chi connectivity index (χ2v) is 3.49. The summed E-state index contributed by atoms with van der Waals surface area (Å²) < 4.78 is 0. The Morgan fingerprint density at radius 1 is 1.69 bits per heavy atom. The maximum atomic E-state index is 10.1. The molecule has 70 valence electrons. The molecule has 1 rings (SSSR count). The standard InChI is InChI=1S/C9H11NO2S/c11-9(12)4-6-10-5-3-8-2-1-7-13-8/h1-2,4,6-7,10H,3,5H2,(H,11,12)/b6-4+. The van der Waals surface area contributed by atoms with Gasteiger partial charge in [-0.2, -0.15) is 0 Å². The minimum atomic E-state index is -0.927. The number of carboxylic acid groups (broad SMARTS) is 1. The molecule has 0 saturated heterocycles. The molecule has 0 radical (unpaired) electrons. The molecule has 0 fully saturated rings. The summed E-state index contributed by atoms with van der Waals surface area (Å²) in [6, 6.07) is 4.07. The molecule has 0 aromatic carbocycles. The fourth-order valence-electron chi connectivity index (χ4n) is 0.864. The number of hydrogen-bond acceptors (Lipinski definition) is 3. The predicted octanol–water partition coefficient (Wildman–Crippen LogP) is 1.48. The Morgan fingerprint density at radius 2 is 2.54 bits per heavy atom. The molecular weight excluding hydrogens is 186 g/mol. The van der Waals surface area contributed by atoms with Crippen LogP contribution in [0.25, 0.3) is 0 Å². The summed E-state index contributed by atoms with van der Waals surface area (Å²) in [5.74, 6) is -0.927. The number of hydrogen-bond donors (Lipinski definition) is 2. The molecule has 0 saturated carbocycles. The zero-order chi connectivity index (χ0) is 9.52. The van der Waals surface area contributed by atoms with Gasteiger partial charge < -0.3 is 10.4 Å². The van der Waals surface area contributed by atoms with Gasteiger partial charge in [0.05, 0.1) is 0 Å². The summed E-state index contributed by atoms with van der Waals surface area (Å²) in [6.45, 7) is 0.768. The zero-order valence-electron chi connectivity index (χ0n) is 7.06. The van der Waals surface area contributed by atoms with Crippen molar-refractivity contribution in [2.24, 2.45) is 0 Å². The average molecular weight is 197 g/mol. The highest BCUT2D eigenvalue weighted by atomic mass is 32.1. The van der Waals surface area contributed by atoms with Crippen LogP contribution in [0.15, 0.2) is 29.8 Å². The van der Waals surface area contributed by atoms with Gasteiger partial charge in [0.2, 0.25) is 0 Å². The topological polar surface area (TPSA) is 49.3 Å². The second kappa shape index (κ2) is 5.37. The Bertz CT molecular complexity index is 280. The molecule has 0 atom stereocenters. The Labute approximate surface area is 80.7 Å². The van der Waals surface area contributed by atoms with Gasteiger partial charge in [0.1, 0.15) is 0 Å². The van der Waals surface area contributed by atoms with Gasteiger partial charge in [-0.15, -0.1) is 11.3 Å². The van der Waals surface area contributed by atoms with Crippen molar-refractivity contribution in [1.82, 2.24) is 5.32 Å². The fraction of sp³-hybridized carbons (Fsp3) is 0.222. The predicted molar refractivity (Wildman–Crippen MR) is 52.8 cm³/mol. The van der Waals surface area contributed by atoms with Gasteiger partial charge in [0.15, 0.2) is 0 Å². The van der Waals surface area contributed by atoms with E-state index >= 15 is 0 Å². The van der Waals surface area contributed by atoms with E-state index in [1.165, 1.54) is 11.1 Å². The molecule has 0 aliphatic rings. The molecule has 0 unspecified atom stereocenters. The van der Waals surface area contributed by atoms with Crippen molar-refractivity contribution < 1.29 is 9.90 Å². The number of thiophene rings is 1. The summed E-state index contributed by atoms with van der Waals surface area (Å²) in [7, 11) is 0. The highest BCUT2D eigenvalue weighted by Gasteiger charge is 1.91. The summed E-state index contributed by atoms with van der Waals surface area (Å²) in [5, 5.41) is 13.2. The lowest BCUT2D eigenvalue weighted by atomic mass is 10.3. The van der Waals surface area contributed by atoms with Crippen LogP contribution in [0.2, 0.25) is 0 Å². The quantitative estimate of drug-likeness (QED) is 0.555. The van der Waals surface area contributed by atoms with E-state index in [4.69, 9.17) is 5.11 Å². The number of nitrogens with one attached hydrogen (secondary N) is 1. The summed E-state index contributed by atoms with van der Waals surface area (Å²) in [5.41, 5.74) is 0. The van der Waals surface area contributed by atoms with Crippen LogP contribution < -0.4 is 5.32 Å². The first kappa shape index (κ1) is 9.80. The lowest BCUT2D eigenvalue weighted by Crippen LogP contribution is -2.09. The molecule has 13 heavy (non-hydrogen) atoms. The van der Waals surface area contributed by atoms with Crippen LogP contribution in [0.3, 0.4) is 0 Å². The van der Waals surface area contributed by atoms with Crippen LogP contribution in [-0.2, 0) is 11.2 Å². The number of carbonyl (C=O) groups is 1. The normalized spacial score (nSPS) is 10.5. The Kier molecular flexibility index (Phi) is 4.05. The van der Waals surface area contributed by atoms with E-state index < -0.39 is 5.97 Å². The van der Waals surface area contributed by atoms with Crippen LogP contribution in [0.1, 0.15) is 4.88 Å². The van der Waals surface area contributed by atoms with Crippen molar-refractivity contribution in [3.63, 3.8) is 0 Å². The van der Waals surface area contributed by atoms with Crippen molar-refractivity contribution in [3.8, 4) is 0 Å². The van der Waals surface area contributed by atoms with Crippen molar-refractivity contribution >= 4 is 17.3 Å². The summed E-state index contributed by atoms with van der Waals surface area (Å²) in [4.78, 5) is 11.4. The number of aliphatic carboxylic acids is 1. The van der Waals surface area contributed by atoms with E-state index in [1.807, 2.05) is 11.4 Å². The number of rotatable bonds is 5. The maximum absolute atomic E-state index is 10.1. The van der Waals surface area contributed by atoms with Gasteiger partial charge in [-0.3, -0.25) is 0 Å². The van der Waals surface area contributed by atoms with Crippen molar-refractivity contribution in [1.29, 1.82) is 0 Å². The first-order valence-corrected chi connectivity index (χ1v) is 4.82. The van der Waals surface area contributed by atoms with Gasteiger partial charge >= 0.3 is 5.97 Å². The van der Waals surface area contributed by atoms with E-state index in [1.54, 1.807) is 11.3 Å². The molecule has 0 bridgehead atoms. The zero-order valence-corrected chi connectivity index (χ0v) is 7.88. The van der Waals surface area contributed by atoms with E-state index in [9.17, 15) is 4.79 Å². The van der Waals surface area contributed by atoms with Gasteiger partial charge in [-0.1, -0.05) is 6.07 Å². The number of carboxylic acids is 1. The molecule has 0 aliphatic heterocycles. The Hall–Kier alpha value is -1.29. The first-order chi connectivity index (χ1) is 6.29. The highest BCUT2D eigenvalue weighted by Crippen LogP contribution is 2.07. The second-order valence-electron chi connectivity index (χ2n) is 2.46. The molecule has 0 amide bonds. The monoisotopic (exact) mass is 197 g/mol. The van der Waals surface area contributed by atoms with Crippen molar-refractivity contribution in [2.45, 2.75) is 6.42 Å². The lowest BCUT2D eigenvalue weighted by molar-refractivity contribution is -0.131. The Balaban J connectivity index is 2.12. The van der Waals surface area contributed by atoms with E-state index in [0.717, 1.165) is 19.0 Å². The smallest absolute Gasteiger partial charge is 0.329 e. The van der Waals surface area contributed by atoms with Crippen molar-refractivity contribution in [3.05, 3.63) is 34.7 Å². The van der Waals surface area contributed by atoms with Crippen LogP contribution in [0.5, 0.6) is 0 Å². The average Bonchev–Trinajstić information content (AvgIpc) is 2.55. The molecule has 0 aliphatic carbocycles. The summed E-state index contributed by atoms with van der Waals surface area (Å²) in [6.07, 6.45) is 3.48. The third kappa shape index (κ3) is 4.32. The minimum Gasteiger partial charge on any atom is -0.478 e. The van der Waals surface area contributed by atoms with E-state index in [-0.39, 0.29) is 0 Å². The van der Waals surface area contributed by atoms with E-state index in [2.05, 4.69) is 11.4 Å². The largest absolute Gasteiger partial charge is 0.478 e. The van der Waals surface area contributed by atoms with Crippen LogP contribution in [0, 0.1) is 0 Å². The molecule has 0 spiro atoms. The van der Waals surface area contributed by atoms with Crippen molar-refractivity contribution in [2.75, 3.05) is 6.54 Å². The molecular formula is C9H11NO2S. The molecule has 2 N–H and O–H groups in total. The minimum absolute atomic E-state index is 0.768. The molecule has 1 aromatic heterocycles. The molecule has 1 aromatic rings. The third-order valence-electron chi connectivity index (χ3n) is 1.44. The summed E-state index contributed by atoms with van der Waals surface area (Å²) >= 11 is 1.71. The van der Waals surface area contributed by atoms with Crippen LogP contribution in [-0.4, -0.2) is 17.6 Å². The molecule has 3 nitrogen and oxygen atoms in total. The van der Waals surface area contributed by atoms with Gasteiger partial charge in [0, 0.05) is 23.7 Å². The van der Waals surface area contributed by atoms with E-state index in [0.29, 0.717) is 0 Å². The highest BCUT2D eigenvalue weighted by molar-refractivity contribution is 7.09. The lowest BCUT2D eigenvalue weighted by Gasteiger charge is -1.96. The molecule has 4 heteroatoms. The SMILES string of the molecule is O=C(O)/C=C/NCCc1cccs1. The van der Waals surface area contributed by atoms with Gasteiger partial charge in [-0.25, -0.2) is 4.79 Å². The Morgan fingerprint density at radius 3 is 3.15 bits per heavy atom. The van der Waals surface area contributed by atoms with Crippen LogP contribution in [0.4, 0.5) is 0 Å².